The topological polar surface area (TPSA) is 57.5 Å². The van der Waals surface area contributed by atoms with Crippen LogP contribution >= 0.6 is 0 Å². The first-order valence-electron chi connectivity index (χ1n) is 3.23. The van der Waals surface area contributed by atoms with Crippen LogP contribution in [-0.2, 0) is 21.0 Å². The maximum atomic E-state index is 8.19. The van der Waals surface area contributed by atoms with Gasteiger partial charge in [0.25, 0.3) is 0 Å². The molecule has 2 N–H and O–H groups in total. The third-order valence-corrected chi connectivity index (χ3v) is 0.447. The fourth-order valence-corrected chi connectivity index (χ4v) is 0. The molecule has 0 saturated carbocycles. The van der Waals surface area contributed by atoms with Crippen LogP contribution in [0.1, 0.15) is 26.7 Å². The zero-order valence-electron chi connectivity index (χ0n) is 6.58. The Hall–Kier alpha value is 0.304. The quantitative estimate of drug-likeness (QED) is 0.667. The Kier molecular flexibility index (Phi) is 57.9. The molecule has 0 atom stereocenters. The molecule has 63 valence electrons. The van der Waals surface area contributed by atoms with Gasteiger partial charge in [-0.2, -0.15) is 0 Å². The van der Waals surface area contributed by atoms with Crippen LogP contribution in [-0.4, -0.2) is 23.4 Å². The summed E-state index contributed by atoms with van der Waals surface area (Å²) in [4.78, 5) is 0. The zero-order chi connectivity index (χ0) is 8.83. The monoisotopic (exact) mass is 187 g/mol. The molecular weight excluding hydrogens is 171 g/mol. The van der Waals surface area contributed by atoms with Crippen LogP contribution < -0.4 is 0 Å². The first-order chi connectivity index (χ1) is 4.83. The van der Waals surface area contributed by atoms with Crippen LogP contribution in [0.2, 0.25) is 0 Å². The first-order valence-corrected chi connectivity index (χ1v) is 3.80. The number of rotatable bonds is 2. The van der Waals surface area contributed by atoms with E-state index in [1.165, 1.54) is 0 Å². The fraction of sp³-hybridized carbons (Fsp3) is 1.00. The summed E-state index contributed by atoms with van der Waals surface area (Å²) in [6.45, 7) is 4.50. The summed E-state index contributed by atoms with van der Waals surface area (Å²) in [5.41, 5.74) is 0. The van der Waals surface area contributed by atoms with Gasteiger partial charge in [-0.15, -0.1) is 0 Å². The van der Waals surface area contributed by atoms with E-state index >= 15 is 0 Å². The van der Waals surface area contributed by atoms with Gasteiger partial charge in [-0.25, -0.2) is 0 Å². The second-order valence-corrected chi connectivity index (χ2v) is 1.45. The van der Waals surface area contributed by atoms with Crippen LogP contribution in [0.25, 0.3) is 0 Å². The van der Waals surface area contributed by atoms with Gasteiger partial charge in [-0.1, -0.05) is 13.8 Å². The van der Waals surface area contributed by atoms with Gasteiger partial charge in [0.05, 0.1) is 0 Å². The molecule has 0 unspecified atom stereocenters. The molecule has 0 saturated heterocycles. The standard InChI is InChI=1S/2C3H8O.O.V/c2*1-2-3-4;;/h2*4H,2-3H2,1H3;;. The van der Waals surface area contributed by atoms with Gasteiger partial charge in [-0.05, 0) is 12.8 Å². The maximum absolute atomic E-state index is 8.19. The molecule has 0 aliphatic rings. The Morgan fingerprint density at radius 3 is 1.10 bits per heavy atom. The summed E-state index contributed by atoms with van der Waals surface area (Å²) in [5, 5.41) is 15.8. The molecule has 0 bridgehead atoms. The zero-order valence-corrected chi connectivity index (χ0v) is 7.98. The van der Waals surface area contributed by atoms with E-state index in [4.69, 9.17) is 13.9 Å². The Balaban J connectivity index is -0.0000000787. The Bertz CT molecular complexity index is 28.2. The minimum absolute atomic E-state index is 0.319. The normalized spacial score (nSPS) is 6.30. The summed E-state index contributed by atoms with van der Waals surface area (Å²) in [7, 11) is 0. The molecule has 0 amide bonds. The van der Waals surface area contributed by atoms with E-state index in [1.54, 1.807) is 0 Å². The van der Waals surface area contributed by atoms with E-state index in [-0.39, 0.29) is 0 Å². The molecule has 0 aromatic rings. The summed E-state index contributed by atoms with van der Waals surface area (Å²) in [5.74, 6) is 0. The minimum atomic E-state index is 0.319. The van der Waals surface area contributed by atoms with Crippen LogP contribution in [0.5, 0.6) is 0 Å². The van der Waals surface area contributed by atoms with E-state index < -0.39 is 0 Å². The molecule has 0 aliphatic carbocycles. The molecule has 3 nitrogen and oxygen atoms in total. The van der Waals surface area contributed by atoms with Gasteiger partial charge >= 0.3 is 21.0 Å². The van der Waals surface area contributed by atoms with Crippen molar-refractivity contribution in [2.45, 2.75) is 26.7 Å². The van der Waals surface area contributed by atoms with Crippen molar-refractivity contribution in [3.63, 3.8) is 0 Å². The number of aliphatic hydroxyl groups excluding tert-OH is 2. The van der Waals surface area contributed by atoms with Gasteiger partial charge in [-0.3, -0.25) is 0 Å². The molecule has 4 heteroatoms. The van der Waals surface area contributed by atoms with E-state index in [9.17, 15) is 0 Å². The van der Waals surface area contributed by atoms with Crippen molar-refractivity contribution >= 4 is 0 Å². The number of hydrogen-bond acceptors (Lipinski definition) is 3. The average molecular weight is 187 g/mol. The molecule has 0 radical (unpaired) electrons. The van der Waals surface area contributed by atoms with Crippen molar-refractivity contribution in [1.29, 1.82) is 0 Å². The van der Waals surface area contributed by atoms with E-state index in [1.807, 2.05) is 13.8 Å². The van der Waals surface area contributed by atoms with Crippen molar-refractivity contribution < 1.29 is 31.3 Å². The van der Waals surface area contributed by atoms with Crippen LogP contribution in [0.3, 0.4) is 0 Å². The van der Waals surface area contributed by atoms with E-state index in [2.05, 4.69) is 0 Å². The fourth-order valence-electron chi connectivity index (χ4n) is 0. The molecule has 0 aromatic carbocycles. The van der Waals surface area contributed by atoms with Gasteiger partial charge in [0.1, 0.15) is 0 Å². The third kappa shape index (κ3) is 83.4. The molecule has 10 heavy (non-hydrogen) atoms. The van der Waals surface area contributed by atoms with Crippen LogP contribution in [0, 0.1) is 0 Å². The van der Waals surface area contributed by atoms with Crippen molar-refractivity contribution in [1.82, 2.24) is 0 Å². The summed E-state index contributed by atoms with van der Waals surface area (Å²) in [6, 6.07) is 0. The van der Waals surface area contributed by atoms with Crippen molar-refractivity contribution in [2.75, 3.05) is 13.2 Å². The average Bonchev–Trinajstić information content (AvgIpc) is 2.08. The molecule has 0 spiro atoms. The molecule has 0 fully saturated rings. The van der Waals surface area contributed by atoms with Crippen LogP contribution in [0.15, 0.2) is 0 Å². The molecule has 0 rings (SSSR count). The van der Waals surface area contributed by atoms with Gasteiger partial charge in [0.2, 0.25) is 0 Å². The Morgan fingerprint density at radius 1 is 1.00 bits per heavy atom. The summed E-state index contributed by atoms with van der Waals surface area (Å²) >= 11 is 1.06. The second kappa shape index (κ2) is 34.6. The molecular formula is C6H16O3V. The summed E-state index contributed by atoms with van der Waals surface area (Å²) < 4.78 is 8.19. The predicted octanol–water partition coefficient (Wildman–Crippen LogP) is 0.656. The number of hydrogen-bond donors (Lipinski definition) is 2. The van der Waals surface area contributed by atoms with Crippen molar-refractivity contribution in [3.05, 3.63) is 0 Å². The SMILES string of the molecule is CCCO.CCCO.[O]=[V]. The Labute approximate surface area is 71.7 Å². The predicted molar refractivity (Wildman–Crippen MR) is 35.4 cm³/mol. The van der Waals surface area contributed by atoms with E-state index in [0.717, 1.165) is 30.2 Å². The third-order valence-electron chi connectivity index (χ3n) is 0.447. The molecule has 0 aliphatic heterocycles. The molecule has 0 aromatic heterocycles. The van der Waals surface area contributed by atoms with Gasteiger partial charge in [0.15, 0.2) is 0 Å². The van der Waals surface area contributed by atoms with Crippen LogP contribution in [0.4, 0.5) is 0 Å². The van der Waals surface area contributed by atoms with Gasteiger partial charge in [0, 0.05) is 13.2 Å². The summed E-state index contributed by atoms with van der Waals surface area (Å²) in [6.07, 6.45) is 1.75. The second-order valence-electron chi connectivity index (χ2n) is 1.45. The Morgan fingerprint density at radius 2 is 1.10 bits per heavy atom. The number of aliphatic hydroxyl groups is 2. The van der Waals surface area contributed by atoms with Gasteiger partial charge < -0.3 is 10.2 Å². The first kappa shape index (κ1) is 16.7. The van der Waals surface area contributed by atoms with E-state index in [0.29, 0.717) is 13.2 Å². The van der Waals surface area contributed by atoms with Crippen molar-refractivity contribution in [3.8, 4) is 0 Å². The van der Waals surface area contributed by atoms with Crippen molar-refractivity contribution in [2.24, 2.45) is 0 Å². The molecule has 0 heterocycles.